The van der Waals surface area contributed by atoms with Gasteiger partial charge in [0.25, 0.3) is 5.91 Å². The number of hydrogen-bond acceptors (Lipinski definition) is 5. The molecule has 0 bridgehead atoms. The Morgan fingerprint density at radius 1 is 1.21 bits per heavy atom. The van der Waals surface area contributed by atoms with Crippen molar-refractivity contribution < 1.29 is 31.5 Å². The van der Waals surface area contributed by atoms with Crippen LogP contribution >= 0.6 is 11.6 Å². The Labute approximate surface area is 192 Å². The van der Waals surface area contributed by atoms with Crippen molar-refractivity contribution in [1.82, 2.24) is 14.1 Å². The van der Waals surface area contributed by atoms with Crippen molar-refractivity contribution in [3.63, 3.8) is 0 Å². The molecule has 1 amide bonds. The first-order valence-corrected chi connectivity index (χ1v) is 11.2. The van der Waals surface area contributed by atoms with Gasteiger partial charge in [-0.05, 0) is 42.5 Å². The number of carbonyl (C=O) groups is 1. The second-order valence-electron chi connectivity index (χ2n) is 6.82. The van der Waals surface area contributed by atoms with E-state index < -0.39 is 40.0 Å². The van der Waals surface area contributed by atoms with E-state index in [4.69, 9.17) is 16.7 Å². The molecule has 0 radical (unpaired) electrons. The first-order chi connectivity index (χ1) is 15.4. The van der Waals surface area contributed by atoms with E-state index in [1.165, 1.54) is 49.5 Å². The Morgan fingerprint density at radius 3 is 2.48 bits per heavy atom. The van der Waals surface area contributed by atoms with Crippen LogP contribution in [0.3, 0.4) is 0 Å². The van der Waals surface area contributed by atoms with Crippen molar-refractivity contribution in [1.29, 1.82) is 0 Å². The van der Waals surface area contributed by atoms with Crippen LogP contribution in [-0.2, 0) is 16.2 Å². The number of aromatic nitrogens is 2. The third kappa shape index (κ3) is 5.36. The molecule has 0 saturated heterocycles. The van der Waals surface area contributed by atoms with E-state index in [-0.39, 0.29) is 22.8 Å². The van der Waals surface area contributed by atoms with Gasteiger partial charge in [-0.25, -0.2) is 13.1 Å². The van der Waals surface area contributed by atoms with Crippen LogP contribution in [0.4, 0.5) is 18.9 Å². The molecule has 0 aliphatic rings. The van der Waals surface area contributed by atoms with Gasteiger partial charge in [-0.3, -0.25) is 4.79 Å². The Morgan fingerprint density at radius 2 is 1.88 bits per heavy atom. The fourth-order valence-corrected chi connectivity index (χ4v) is 4.27. The summed E-state index contributed by atoms with van der Waals surface area (Å²) in [5.74, 6) is -1.12. The van der Waals surface area contributed by atoms with Crippen LogP contribution in [0.15, 0.2) is 59.6 Å². The Hall–Kier alpha value is -2.93. The summed E-state index contributed by atoms with van der Waals surface area (Å²) in [6, 6.07) is 10.5. The molecule has 3 aromatic rings. The lowest BCUT2D eigenvalue weighted by molar-refractivity contribution is -0.143. The van der Waals surface area contributed by atoms with Gasteiger partial charge in [-0.1, -0.05) is 17.7 Å². The zero-order valence-electron chi connectivity index (χ0n) is 17.0. The zero-order valence-corrected chi connectivity index (χ0v) is 18.6. The summed E-state index contributed by atoms with van der Waals surface area (Å²) < 4.78 is 68.0. The monoisotopic (exact) mass is 502 g/mol. The summed E-state index contributed by atoms with van der Waals surface area (Å²) in [5.41, 5.74) is -2.03. The van der Waals surface area contributed by atoms with Crippen LogP contribution in [0.5, 0.6) is 0 Å². The van der Waals surface area contributed by atoms with E-state index in [1.807, 2.05) is 0 Å². The maximum Gasteiger partial charge on any atom is 0.434 e. The van der Waals surface area contributed by atoms with Gasteiger partial charge in [0.05, 0.1) is 29.0 Å². The van der Waals surface area contributed by atoms with E-state index >= 15 is 0 Å². The first-order valence-electron chi connectivity index (χ1n) is 9.35. The normalized spacial score (nSPS) is 12.2. The highest BCUT2D eigenvalue weighted by molar-refractivity contribution is 7.89. The van der Waals surface area contributed by atoms with Gasteiger partial charge in [-0.2, -0.15) is 22.6 Å². The number of nitrogens with zero attached hydrogens (tertiary/aromatic N) is 3. The molecule has 13 heteroatoms. The van der Waals surface area contributed by atoms with Crippen LogP contribution in [0, 0.1) is 0 Å². The molecule has 2 aromatic carbocycles. The van der Waals surface area contributed by atoms with Crippen molar-refractivity contribution >= 4 is 33.2 Å². The number of alkyl halides is 3. The molecule has 33 heavy (non-hydrogen) atoms. The number of sulfonamides is 1. The minimum absolute atomic E-state index is 0.0363. The molecular formula is C20H18ClF3N4O4S. The van der Waals surface area contributed by atoms with Gasteiger partial charge in [0.15, 0.2) is 5.69 Å². The second kappa shape index (κ2) is 9.51. The summed E-state index contributed by atoms with van der Waals surface area (Å²) in [4.78, 5) is 12.5. The maximum atomic E-state index is 13.8. The third-order valence-electron chi connectivity index (χ3n) is 4.57. The highest BCUT2D eigenvalue weighted by atomic mass is 35.5. The van der Waals surface area contributed by atoms with Gasteiger partial charge >= 0.3 is 6.18 Å². The fraction of sp³-hybridized carbons (Fsp3) is 0.200. The summed E-state index contributed by atoms with van der Waals surface area (Å²) in [7, 11) is -2.71. The molecule has 0 saturated carbocycles. The van der Waals surface area contributed by atoms with E-state index in [2.05, 4.69) is 10.4 Å². The molecule has 0 fully saturated rings. The maximum absolute atomic E-state index is 13.8. The molecule has 3 rings (SSSR count). The predicted molar refractivity (Wildman–Crippen MR) is 115 cm³/mol. The smallest absolute Gasteiger partial charge is 0.395 e. The molecule has 8 nitrogen and oxygen atoms in total. The van der Waals surface area contributed by atoms with Gasteiger partial charge in [0.2, 0.25) is 10.0 Å². The molecule has 0 aliphatic carbocycles. The molecule has 2 N–H and O–H groups in total. The van der Waals surface area contributed by atoms with Crippen molar-refractivity contribution in [2.75, 3.05) is 25.5 Å². The average Bonchev–Trinajstić information content (AvgIpc) is 3.20. The summed E-state index contributed by atoms with van der Waals surface area (Å²) in [5, 5.41) is 15.3. The molecule has 176 valence electrons. The second-order valence-corrected chi connectivity index (χ2v) is 9.31. The van der Waals surface area contributed by atoms with Crippen LogP contribution in [-0.4, -0.2) is 53.7 Å². The molecule has 1 heterocycles. The standard InChI is InChI=1S/C20H18ClF3N4O4S/c1-27(9-10-29)33(31,32)16-4-2-3-14(11-16)26-19(30)17-12-25-28(18(17)20(22,23)24)15-7-5-13(21)6-8-15/h2-8,11-12,29H,9-10H2,1H3,(H,26,30). The van der Waals surface area contributed by atoms with Crippen molar-refractivity contribution in [2.24, 2.45) is 0 Å². The highest BCUT2D eigenvalue weighted by Gasteiger charge is 2.40. The van der Waals surface area contributed by atoms with Crippen LogP contribution in [0.1, 0.15) is 16.1 Å². The lowest BCUT2D eigenvalue weighted by Gasteiger charge is -2.16. The lowest BCUT2D eigenvalue weighted by Crippen LogP contribution is -2.29. The zero-order chi connectivity index (χ0) is 24.4. The number of rotatable bonds is 7. The molecule has 0 atom stereocenters. The number of aliphatic hydroxyl groups is 1. The largest absolute Gasteiger partial charge is 0.434 e. The van der Waals surface area contributed by atoms with Gasteiger partial charge in [-0.15, -0.1) is 0 Å². The topological polar surface area (TPSA) is 105 Å². The number of benzene rings is 2. The summed E-state index contributed by atoms with van der Waals surface area (Å²) in [6.45, 7) is -0.554. The van der Waals surface area contributed by atoms with Gasteiger partial charge in [0, 0.05) is 24.3 Å². The van der Waals surface area contributed by atoms with Gasteiger partial charge < -0.3 is 10.4 Å². The van der Waals surface area contributed by atoms with Crippen molar-refractivity contribution in [2.45, 2.75) is 11.1 Å². The molecule has 0 spiro atoms. The molecular weight excluding hydrogens is 485 g/mol. The minimum atomic E-state index is -4.92. The number of hydrogen-bond donors (Lipinski definition) is 2. The van der Waals surface area contributed by atoms with Crippen LogP contribution in [0.2, 0.25) is 5.02 Å². The van der Waals surface area contributed by atoms with E-state index in [0.29, 0.717) is 9.70 Å². The quantitative estimate of drug-likeness (QED) is 0.515. The molecule has 1 aromatic heterocycles. The number of aliphatic hydroxyl groups excluding tert-OH is 1. The number of anilines is 1. The van der Waals surface area contributed by atoms with E-state index in [9.17, 15) is 26.4 Å². The summed E-state index contributed by atoms with van der Waals surface area (Å²) in [6.07, 6.45) is -4.14. The number of nitrogens with one attached hydrogen (secondary N) is 1. The summed E-state index contributed by atoms with van der Waals surface area (Å²) >= 11 is 5.78. The Kier molecular flexibility index (Phi) is 7.12. The van der Waals surface area contributed by atoms with Crippen molar-refractivity contribution in [3.8, 4) is 5.69 Å². The number of halogens is 4. The predicted octanol–water partition coefficient (Wildman–Crippen LogP) is 3.41. The van der Waals surface area contributed by atoms with Crippen LogP contribution in [0.25, 0.3) is 5.69 Å². The van der Waals surface area contributed by atoms with E-state index in [0.717, 1.165) is 16.6 Å². The SMILES string of the molecule is CN(CCO)S(=O)(=O)c1cccc(NC(=O)c2cnn(-c3ccc(Cl)cc3)c2C(F)(F)F)c1. The first kappa shape index (κ1) is 24.7. The Bertz CT molecular complexity index is 1260. The Balaban J connectivity index is 1.95. The number of likely N-dealkylation sites (N-methyl/N-ethyl adjacent to an activating group) is 1. The molecule has 0 unspecified atom stereocenters. The average molecular weight is 503 g/mol. The van der Waals surface area contributed by atoms with E-state index in [1.54, 1.807) is 0 Å². The lowest BCUT2D eigenvalue weighted by atomic mass is 10.2. The van der Waals surface area contributed by atoms with Crippen LogP contribution < -0.4 is 5.32 Å². The van der Waals surface area contributed by atoms with Crippen molar-refractivity contribution in [3.05, 3.63) is 71.0 Å². The third-order valence-corrected chi connectivity index (χ3v) is 6.67. The number of carbonyl (C=O) groups excluding carboxylic acids is 1. The number of amides is 1. The highest BCUT2D eigenvalue weighted by Crippen LogP contribution is 2.34. The minimum Gasteiger partial charge on any atom is -0.395 e. The fourth-order valence-electron chi connectivity index (χ4n) is 2.94. The van der Waals surface area contributed by atoms with Gasteiger partial charge in [0.1, 0.15) is 0 Å². The molecule has 0 aliphatic heterocycles.